The number of nitrogens with one attached hydrogen (secondary N) is 2. The number of anilines is 1. The monoisotopic (exact) mass is 459 g/mol. The lowest BCUT2D eigenvalue weighted by Gasteiger charge is -2.11. The van der Waals surface area contributed by atoms with Gasteiger partial charge in [0, 0.05) is 30.6 Å². The van der Waals surface area contributed by atoms with Crippen LogP contribution in [0, 0.1) is 11.6 Å². The molecule has 0 spiro atoms. The van der Waals surface area contributed by atoms with Crippen LogP contribution in [-0.2, 0) is 10.0 Å². The van der Waals surface area contributed by atoms with Crippen molar-refractivity contribution < 1.29 is 24.7 Å². The van der Waals surface area contributed by atoms with Crippen molar-refractivity contribution >= 4 is 48.5 Å². The largest absolute Gasteiger partial charge is 0.345 e. The first-order valence-corrected chi connectivity index (χ1v) is 9.94. The van der Waals surface area contributed by atoms with Gasteiger partial charge in [0.1, 0.15) is 11.5 Å². The van der Waals surface area contributed by atoms with Crippen molar-refractivity contribution in [3.05, 3.63) is 57.8 Å². The molecule has 0 radical (unpaired) electrons. The summed E-state index contributed by atoms with van der Waals surface area (Å²) < 4.78 is 71.0. The molecule has 27 heavy (non-hydrogen) atoms. The Morgan fingerprint density at radius 1 is 1.41 bits per heavy atom. The summed E-state index contributed by atoms with van der Waals surface area (Å²) in [5.74, 6) is -3.65. The first-order chi connectivity index (χ1) is 13.5. The number of H-pyrrole nitrogens is 1. The molecule has 0 saturated carbocycles. The average Bonchev–Trinajstić information content (AvgIpc) is 3.06. The number of aromatic nitrogens is 2. The number of carbonyl (C=O) groups excluding carboxylic acids is 1. The average molecular weight is 460 g/mol. The van der Waals surface area contributed by atoms with Gasteiger partial charge in [0.25, 0.3) is 0 Å². The Bertz CT molecular complexity index is 1230. The number of benzene rings is 1. The lowest BCUT2D eigenvalue weighted by atomic mass is 10.0. The third-order valence-corrected chi connectivity index (χ3v) is 5.23. The Morgan fingerprint density at radius 2 is 2.15 bits per heavy atom. The number of hydrogen-bond donors (Lipinski definition) is 2. The first-order valence-electron chi connectivity index (χ1n) is 8.66. The van der Waals surface area contributed by atoms with Crippen LogP contribution in [0.2, 0.25) is 0 Å². The molecule has 2 N–H and O–H groups in total. The van der Waals surface area contributed by atoms with E-state index in [1.807, 2.05) is 0 Å². The summed E-state index contributed by atoms with van der Waals surface area (Å²) in [6.07, 6.45) is 2.33. The van der Waals surface area contributed by atoms with Crippen LogP contribution in [0.1, 0.15) is 32.0 Å². The minimum Gasteiger partial charge on any atom is -0.345 e. The van der Waals surface area contributed by atoms with Crippen molar-refractivity contribution in [2.45, 2.75) is 13.3 Å². The smallest absolute Gasteiger partial charge is 0.232 e. The van der Waals surface area contributed by atoms with Gasteiger partial charge in [-0.05, 0) is 40.5 Å². The third-order valence-electron chi connectivity index (χ3n) is 3.64. The fourth-order valence-electron chi connectivity index (χ4n) is 2.51. The lowest BCUT2D eigenvalue weighted by molar-refractivity contribution is 0.103. The number of sulfonamides is 1. The molecule has 3 aromatic rings. The fourth-order valence-corrected chi connectivity index (χ4v) is 3.74. The molecular formula is C17H14BrF2N3O3S. The molecule has 3 rings (SSSR count). The van der Waals surface area contributed by atoms with Crippen LogP contribution >= 0.6 is 15.9 Å². The Morgan fingerprint density at radius 3 is 2.85 bits per heavy atom. The van der Waals surface area contributed by atoms with Gasteiger partial charge in [-0.2, -0.15) is 0 Å². The van der Waals surface area contributed by atoms with E-state index in [-0.39, 0.29) is 5.56 Å². The zero-order valence-corrected chi connectivity index (χ0v) is 16.2. The molecule has 1 aromatic carbocycles. The van der Waals surface area contributed by atoms with Crippen molar-refractivity contribution in [3.63, 3.8) is 0 Å². The van der Waals surface area contributed by atoms with Crippen LogP contribution in [0.5, 0.6) is 0 Å². The second-order valence-electron chi connectivity index (χ2n) is 5.47. The third kappa shape index (κ3) is 3.86. The van der Waals surface area contributed by atoms with E-state index < -0.39 is 50.8 Å². The van der Waals surface area contributed by atoms with Gasteiger partial charge in [0.15, 0.2) is 5.82 Å². The summed E-state index contributed by atoms with van der Waals surface area (Å²) in [7, 11) is -4.65. The summed E-state index contributed by atoms with van der Waals surface area (Å²) in [6.45, 7) is 1.30. The molecule has 0 fully saturated rings. The molecule has 142 valence electrons. The number of nitrogens with zero attached hydrogens (tertiary/aromatic N) is 1. The van der Waals surface area contributed by atoms with Crippen LogP contribution in [0.4, 0.5) is 14.5 Å². The first kappa shape index (κ1) is 16.8. The van der Waals surface area contributed by atoms with Crippen molar-refractivity contribution in [3.8, 4) is 0 Å². The molecule has 0 saturated heterocycles. The quantitative estimate of drug-likeness (QED) is 0.545. The lowest BCUT2D eigenvalue weighted by Crippen LogP contribution is -2.18. The van der Waals surface area contributed by atoms with Crippen molar-refractivity contribution in [2.24, 2.45) is 0 Å². The van der Waals surface area contributed by atoms with E-state index in [9.17, 15) is 22.0 Å². The number of halogens is 3. The molecule has 0 aliphatic rings. The Hall–Kier alpha value is -2.33. The van der Waals surface area contributed by atoms with E-state index >= 15 is 0 Å². The second-order valence-corrected chi connectivity index (χ2v) is 7.88. The van der Waals surface area contributed by atoms with Crippen molar-refractivity contribution in [1.82, 2.24) is 9.97 Å². The number of hydrogen-bond acceptors (Lipinski definition) is 4. The van der Waals surface area contributed by atoms with E-state index in [0.29, 0.717) is 15.5 Å². The van der Waals surface area contributed by atoms with Crippen LogP contribution in [-0.4, -0.2) is 29.9 Å². The maximum Gasteiger partial charge on any atom is 0.232 e. The highest BCUT2D eigenvalue weighted by Gasteiger charge is 2.25. The molecule has 0 amide bonds. The molecule has 0 bridgehead atoms. The van der Waals surface area contributed by atoms with Crippen molar-refractivity contribution in [1.29, 1.82) is 0 Å². The van der Waals surface area contributed by atoms with Gasteiger partial charge in [-0.1, -0.05) is 6.92 Å². The minimum atomic E-state index is -4.65. The van der Waals surface area contributed by atoms with E-state index in [4.69, 9.17) is 2.74 Å². The van der Waals surface area contributed by atoms with Gasteiger partial charge in [-0.15, -0.1) is 0 Å². The van der Waals surface area contributed by atoms with Crippen LogP contribution in [0.25, 0.3) is 11.0 Å². The SMILES string of the molecule is [2H]C([2H])(CC)S(=O)(=O)Nc1ccc(F)c(C(=O)c2c[nH]c3ncc(Br)cc23)c1F. The highest BCUT2D eigenvalue weighted by atomic mass is 79.9. The van der Waals surface area contributed by atoms with Gasteiger partial charge < -0.3 is 4.98 Å². The van der Waals surface area contributed by atoms with Gasteiger partial charge in [0.05, 0.1) is 17.0 Å². The van der Waals surface area contributed by atoms with Gasteiger partial charge in [-0.3, -0.25) is 9.52 Å². The standard InChI is InChI=1S/C17H14BrF2N3O3S/c1-2-5-27(25,26)23-13-4-3-12(19)14(15(13)20)16(24)11-8-22-17-10(11)6-9(18)7-21-17/h3-4,6-8,23H,2,5H2,1H3,(H,21,22)/i5D2. The number of pyridine rings is 1. The highest BCUT2D eigenvalue weighted by Crippen LogP contribution is 2.28. The second kappa shape index (κ2) is 7.35. The molecule has 0 aliphatic carbocycles. The fraction of sp³-hybridized carbons (Fsp3) is 0.176. The zero-order chi connectivity index (χ0) is 21.6. The molecular weight excluding hydrogens is 444 g/mol. The molecule has 2 aromatic heterocycles. The molecule has 10 heteroatoms. The molecule has 0 atom stereocenters. The predicted octanol–water partition coefficient (Wildman–Crippen LogP) is 3.99. The Kier molecular flexibility index (Phi) is 4.58. The van der Waals surface area contributed by atoms with Crippen LogP contribution < -0.4 is 4.72 Å². The molecule has 0 unspecified atom stereocenters. The molecule has 0 aliphatic heterocycles. The molecule has 2 heterocycles. The van der Waals surface area contributed by atoms with Crippen LogP contribution in [0.15, 0.2) is 35.1 Å². The van der Waals surface area contributed by atoms with Crippen molar-refractivity contribution in [2.75, 3.05) is 10.4 Å². The van der Waals surface area contributed by atoms with E-state index in [0.717, 1.165) is 12.1 Å². The number of rotatable bonds is 6. The van der Waals surface area contributed by atoms with Gasteiger partial charge in [0.2, 0.25) is 15.8 Å². The van der Waals surface area contributed by atoms with E-state index in [1.54, 1.807) is 10.8 Å². The van der Waals surface area contributed by atoms with Gasteiger partial charge >= 0.3 is 0 Å². The minimum absolute atomic E-state index is 0.0597. The zero-order valence-electron chi connectivity index (χ0n) is 15.8. The van der Waals surface area contributed by atoms with E-state index in [2.05, 4.69) is 25.9 Å². The molecule has 6 nitrogen and oxygen atoms in total. The number of ketones is 1. The summed E-state index contributed by atoms with van der Waals surface area (Å²) in [5, 5.41) is 0.316. The normalized spacial score (nSPS) is 13.3. The topological polar surface area (TPSA) is 91.9 Å². The summed E-state index contributed by atoms with van der Waals surface area (Å²) >= 11 is 3.21. The maximum absolute atomic E-state index is 14.9. The number of carbonyl (C=O) groups is 1. The van der Waals surface area contributed by atoms with E-state index in [1.165, 1.54) is 19.3 Å². The Labute approximate surface area is 165 Å². The van der Waals surface area contributed by atoms with Crippen LogP contribution in [0.3, 0.4) is 0 Å². The summed E-state index contributed by atoms with van der Waals surface area (Å²) in [5.41, 5.74) is -4.12. The van der Waals surface area contributed by atoms with Gasteiger partial charge in [-0.25, -0.2) is 22.2 Å². The highest BCUT2D eigenvalue weighted by molar-refractivity contribution is 9.10. The summed E-state index contributed by atoms with van der Waals surface area (Å²) in [6, 6.07) is 3.07. The number of aromatic amines is 1. The predicted molar refractivity (Wildman–Crippen MR) is 101 cm³/mol. The maximum atomic E-state index is 14.9. The summed E-state index contributed by atoms with van der Waals surface area (Å²) in [4.78, 5) is 19.6. The number of fused-ring (bicyclic) bond motifs is 1. The Balaban J connectivity index is 2.10.